The summed E-state index contributed by atoms with van der Waals surface area (Å²) in [5, 5.41) is 4.04. The Morgan fingerprint density at radius 2 is 2.31 bits per heavy atom. The van der Waals surface area contributed by atoms with Crippen LogP contribution in [-0.4, -0.2) is 24.2 Å². The molecule has 1 aromatic rings. The first-order valence-corrected chi connectivity index (χ1v) is 6.45. The molecule has 0 saturated carbocycles. The summed E-state index contributed by atoms with van der Waals surface area (Å²) in [6, 6.07) is 5.46. The van der Waals surface area contributed by atoms with Crippen LogP contribution in [0.15, 0.2) is 18.2 Å². The number of anilines is 1. The molecule has 0 radical (unpaired) electrons. The summed E-state index contributed by atoms with van der Waals surface area (Å²) in [6.45, 7) is 2.22. The SMILES string of the molecule is COc1ccc(NC2CSC(C)C2)cc1F. The third-order valence-electron chi connectivity index (χ3n) is 2.72. The van der Waals surface area contributed by atoms with Gasteiger partial charge in [0.25, 0.3) is 0 Å². The molecule has 1 heterocycles. The Morgan fingerprint density at radius 3 is 2.88 bits per heavy atom. The molecule has 1 N–H and O–H groups in total. The van der Waals surface area contributed by atoms with Gasteiger partial charge in [-0.3, -0.25) is 0 Å². The van der Waals surface area contributed by atoms with Gasteiger partial charge in [0.1, 0.15) is 0 Å². The van der Waals surface area contributed by atoms with Crippen LogP contribution in [0.25, 0.3) is 0 Å². The van der Waals surface area contributed by atoms with E-state index in [2.05, 4.69) is 12.2 Å². The number of hydrogen-bond acceptors (Lipinski definition) is 3. The number of halogens is 1. The number of ether oxygens (including phenoxy) is 1. The summed E-state index contributed by atoms with van der Waals surface area (Å²) in [7, 11) is 1.47. The van der Waals surface area contributed by atoms with Gasteiger partial charge in [-0.15, -0.1) is 0 Å². The first-order valence-electron chi connectivity index (χ1n) is 5.40. The highest BCUT2D eigenvalue weighted by Crippen LogP contribution is 2.29. The van der Waals surface area contributed by atoms with E-state index in [1.807, 2.05) is 17.8 Å². The fourth-order valence-electron chi connectivity index (χ4n) is 1.91. The number of benzene rings is 1. The quantitative estimate of drug-likeness (QED) is 0.878. The lowest BCUT2D eigenvalue weighted by Gasteiger charge is -2.13. The number of rotatable bonds is 3. The molecule has 2 atom stereocenters. The standard InChI is InChI=1S/C12H16FNOS/c1-8-5-10(7-16-8)14-9-3-4-12(15-2)11(13)6-9/h3-4,6,8,10,14H,5,7H2,1-2H3. The van der Waals surface area contributed by atoms with Crippen LogP contribution in [0.2, 0.25) is 0 Å². The lowest BCUT2D eigenvalue weighted by molar-refractivity contribution is 0.386. The van der Waals surface area contributed by atoms with Gasteiger partial charge in [-0.25, -0.2) is 4.39 Å². The van der Waals surface area contributed by atoms with Gasteiger partial charge in [-0.05, 0) is 18.6 Å². The van der Waals surface area contributed by atoms with Crippen molar-refractivity contribution < 1.29 is 9.13 Å². The molecule has 1 aliphatic heterocycles. The van der Waals surface area contributed by atoms with Gasteiger partial charge >= 0.3 is 0 Å². The second-order valence-corrected chi connectivity index (χ2v) is 5.54. The molecule has 0 aromatic heterocycles. The van der Waals surface area contributed by atoms with Gasteiger partial charge in [-0.2, -0.15) is 11.8 Å². The van der Waals surface area contributed by atoms with E-state index in [-0.39, 0.29) is 5.82 Å². The van der Waals surface area contributed by atoms with Crippen LogP contribution in [0.3, 0.4) is 0 Å². The van der Waals surface area contributed by atoms with E-state index in [1.165, 1.54) is 13.2 Å². The van der Waals surface area contributed by atoms with Crippen molar-refractivity contribution in [2.75, 3.05) is 18.2 Å². The maximum atomic E-state index is 13.4. The number of methoxy groups -OCH3 is 1. The van der Waals surface area contributed by atoms with Crippen molar-refractivity contribution in [3.05, 3.63) is 24.0 Å². The van der Waals surface area contributed by atoms with E-state index >= 15 is 0 Å². The highest BCUT2D eigenvalue weighted by molar-refractivity contribution is 8.00. The smallest absolute Gasteiger partial charge is 0.167 e. The Hall–Kier alpha value is -0.900. The molecule has 1 aromatic carbocycles. The Kier molecular flexibility index (Phi) is 3.59. The molecule has 1 aliphatic rings. The van der Waals surface area contributed by atoms with E-state index in [4.69, 9.17) is 4.74 Å². The Morgan fingerprint density at radius 1 is 1.50 bits per heavy atom. The van der Waals surface area contributed by atoms with Gasteiger partial charge < -0.3 is 10.1 Å². The van der Waals surface area contributed by atoms with E-state index in [1.54, 1.807) is 6.07 Å². The van der Waals surface area contributed by atoms with Crippen LogP contribution < -0.4 is 10.1 Å². The van der Waals surface area contributed by atoms with Crippen LogP contribution in [0, 0.1) is 5.82 Å². The van der Waals surface area contributed by atoms with E-state index in [0.717, 1.165) is 17.9 Å². The lowest BCUT2D eigenvalue weighted by atomic mass is 10.2. The molecule has 1 fully saturated rings. The molecule has 0 bridgehead atoms. The van der Waals surface area contributed by atoms with Crippen molar-refractivity contribution in [2.24, 2.45) is 0 Å². The predicted octanol–water partition coefficient (Wildman–Crippen LogP) is 3.14. The van der Waals surface area contributed by atoms with Crippen molar-refractivity contribution in [3.8, 4) is 5.75 Å². The van der Waals surface area contributed by atoms with Crippen molar-refractivity contribution >= 4 is 17.4 Å². The minimum absolute atomic E-state index is 0.291. The first-order chi connectivity index (χ1) is 7.69. The molecule has 0 aliphatic carbocycles. The highest BCUT2D eigenvalue weighted by atomic mass is 32.2. The van der Waals surface area contributed by atoms with E-state index < -0.39 is 0 Å². The molecule has 1 saturated heterocycles. The average Bonchev–Trinajstić information content (AvgIpc) is 2.64. The van der Waals surface area contributed by atoms with Crippen LogP contribution in [0.4, 0.5) is 10.1 Å². The zero-order valence-corrected chi connectivity index (χ0v) is 10.3. The van der Waals surface area contributed by atoms with Crippen molar-refractivity contribution in [3.63, 3.8) is 0 Å². The summed E-state index contributed by atoms with van der Waals surface area (Å²) in [5.74, 6) is 1.07. The normalized spacial score (nSPS) is 24.4. The molecule has 0 amide bonds. The maximum Gasteiger partial charge on any atom is 0.167 e. The average molecular weight is 241 g/mol. The zero-order chi connectivity index (χ0) is 11.5. The van der Waals surface area contributed by atoms with E-state index in [0.29, 0.717) is 17.0 Å². The minimum atomic E-state index is -0.314. The molecular formula is C12H16FNOS. The summed E-state index contributed by atoms with van der Waals surface area (Å²) < 4.78 is 18.3. The summed E-state index contributed by atoms with van der Waals surface area (Å²) in [5.41, 5.74) is 0.831. The van der Waals surface area contributed by atoms with E-state index in [9.17, 15) is 4.39 Å². The highest BCUT2D eigenvalue weighted by Gasteiger charge is 2.21. The molecule has 88 valence electrons. The van der Waals surface area contributed by atoms with Gasteiger partial charge in [0, 0.05) is 28.8 Å². The third kappa shape index (κ3) is 2.61. The molecule has 4 heteroatoms. The minimum Gasteiger partial charge on any atom is -0.494 e. The van der Waals surface area contributed by atoms with Gasteiger partial charge in [0.15, 0.2) is 11.6 Å². The Bertz CT molecular complexity index is 372. The second-order valence-electron chi connectivity index (χ2n) is 4.07. The second kappa shape index (κ2) is 4.95. The topological polar surface area (TPSA) is 21.3 Å². The van der Waals surface area contributed by atoms with Gasteiger partial charge in [0.05, 0.1) is 7.11 Å². The predicted molar refractivity (Wildman–Crippen MR) is 66.9 cm³/mol. The van der Waals surface area contributed by atoms with Crippen LogP contribution >= 0.6 is 11.8 Å². The fraction of sp³-hybridized carbons (Fsp3) is 0.500. The summed E-state index contributed by atoms with van der Waals surface area (Å²) in [4.78, 5) is 0. The van der Waals surface area contributed by atoms with Crippen LogP contribution in [0.5, 0.6) is 5.75 Å². The molecule has 2 nitrogen and oxygen atoms in total. The fourth-order valence-corrected chi connectivity index (χ4v) is 3.06. The van der Waals surface area contributed by atoms with Crippen molar-refractivity contribution in [1.29, 1.82) is 0 Å². The van der Waals surface area contributed by atoms with Crippen molar-refractivity contribution in [1.82, 2.24) is 0 Å². The zero-order valence-electron chi connectivity index (χ0n) is 9.50. The molecular weight excluding hydrogens is 225 g/mol. The number of hydrogen-bond donors (Lipinski definition) is 1. The number of nitrogens with one attached hydrogen (secondary N) is 1. The number of thioether (sulfide) groups is 1. The Labute approximate surface area is 99.6 Å². The summed E-state index contributed by atoms with van der Waals surface area (Å²) in [6.07, 6.45) is 1.14. The molecule has 0 spiro atoms. The van der Waals surface area contributed by atoms with Gasteiger partial charge in [0.2, 0.25) is 0 Å². The molecule has 16 heavy (non-hydrogen) atoms. The third-order valence-corrected chi connectivity index (χ3v) is 4.08. The summed E-state index contributed by atoms with van der Waals surface area (Å²) >= 11 is 1.96. The monoisotopic (exact) mass is 241 g/mol. The molecule has 2 unspecified atom stereocenters. The lowest BCUT2D eigenvalue weighted by Crippen LogP contribution is -2.18. The Balaban J connectivity index is 2.02. The largest absolute Gasteiger partial charge is 0.494 e. The van der Waals surface area contributed by atoms with Gasteiger partial charge in [-0.1, -0.05) is 6.92 Å². The van der Waals surface area contributed by atoms with Crippen LogP contribution in [0.1, 0.15) is 13.3 Å². The molecule has 2 rings (SSSR count). The maximum absolute atomic E-state index is 13.4. The van der Waals surface area contributed by atoms with Crippen LogP contribution in [-0.2, 0) is 0 Å². The van der Waals surface area contributed by atoms with Crippen molar-refractivity contribution in [2.45, 2.75) is 24.6 Å². The first kappa shape index (κ1) is 11.6.